The second-order valence-electron chi connectivity index (χ2n) is 16.6. The van der Waals surface area contributed by atoms with E-state index in [0.29, 0.717) is 42.5 Å². The molecule has 4 bridgehead atoms. The Bertz CT molecular complexity index is 2490. The van der Waals surface area contributed by atoms with Gasteiger partial charge in [0.25, 0.3) is 0 Å². The summed E-state index contributed by atoms with van der Waals surface area (Å²) >= 11 is 0. The first-order valence-electron chi connectivity index (χ1n) is 20.7. The molecular formula is C48H53F3N8. The zero-order chi connectivity index (χ0) is 41.5. The van der Waals surface area contributed by atoms with Crippen LogP contribution in [0.4, 0.5) is 30.4 Å². The van der Waals surface area contributed by atoms with E-state index in [-0.39, 0.29) is 29.5 Å². The summed E-state index contributed by atoms with van der Waals surface area (Å²) in [5.41, 5.74) is 8.82. The van der Waals surface area contributed by atoms with Gasteiger partial charge in [0.05, 0.1) is 46.7 Å². The molecule has 11 heteroatoms. The second kappa shape index (κ2) is 16.4. The van der Waals surface area contributed by atoms with Gasteiger partial charge < -0.3 is 20.0 Å². The van der Waals surface area contributed by atoms with Gasteiger partial charge in [-0.1, -0.05) is 56.9 Å². The van der Waals surface area contributed by atoms with Crippen molar-refractivity contribution in [1.29, 1.82) is 0 Å². The highest BCUT2D eigenvalue weighted by molar-refractivity contribution is 5.94. The number of benzene rings is 2. The van der Waals surface area contributed by atoms with E-state index < -0.39 is 11.6 Å². The van der Waals surface area contributed by atoms with E-state index in [0.717, 1.165) is 83.3 Å². The largest absolute Gasteiger partial charge is 0.376 e. The van der Waals surface area contributed by atoms with Crippen molar-refractivity contribution in [1.82, 2.24) is 24.6 Å². The number of anilines is 3. The topological polar surface area (TPSA) is 65.4 Å². The van der Waals surface area contributed by atoms with Crippen LogP contribution in [0.1, 0.15) is 57.7 Å². The Morgan fingerprint density at radius 1 is 0.983 bits per heavy atom. The molecular weight excluding hydrogens is 746 g/mol. The number of fused-ring (bicyclic) bond motifs is 7. The number of nitrogens with one attached hydrogen (secondary N) is 1. The summed E-state index contributed by atoms with van der Waals surface area (Å²) in [6.07, 6.45) is 14.2. The van der Waals surface area contributed by atoms with Gasteiger partial charge in [0.1, 0.15) is 23.1 Å². The third-order valence-corrected chi connectivity index (χ3v) is 12.4. The molecule has 2 aromatic carbocycles. The molecule has 2 aliphatic heterocycles. The maximum Gasteiger partial charge on any atom is 0.151 e. The third-order valence-electron chi connectivity index (χ3n) is 12.4. The number of halogens is 3. The molecule has 3 aromatic heterocycles. The van der Waals surface area contributed by atoms with Gasteiger partial charge >= 0.3 is 0 Å². The Morgan fingerprint density at radius 2 is 1.81 bits per heavy atom. The van der Waals surface area contributed by atoms with E-state index >= 15 is 8.78 Å². The molecule has 4 unspecified atom stereocenters. The van der Waals surface area contributed by atoms with Gasteiger partial charge in [0, 0.05) is 61.1 Å². The van der Waals surface area contributed by atoms with Crippen LogP contribution in [0.3, 0.4) is 0 Å². The SMILES string of the molecule is C=C1C2CC(CN2c2cnc(CCC3=CC=CCC3C)c3c2cnn3-c2ccc(F)cc2F)Nc2cccc(n2)-c2cc(F)cc(C)c2N(C(=C)C)CC(CC)CN1C. The smallest absolute Gasteiger partial charge is 0.151 e. The molecule has 8 nitrogen and oxygen atoms in total. The van der Waals surface area contributed by atoms with E-state index in [1.807, 2.05) is 38.2 Å². The van der Waals surface area contributed by atoms with Crippen molar-refractivity contribution in [2.24, 2.45) is 11.8 Å². The highest BCUT2D eigenvalue weighted by Gasteiger charge is 2.38. The zero-order valence-corrected chi connectivity index (χ0v) is 34.7. The zero-order valence-electron chi connectivity index (χ0n) is 34.7. The quantitative estimate of drug-likeness (QED) is 0.176. The molecule has 0 radical (unpaired) electrons. The lowest BCUT2D eigenvalue weighted by atomic mass is 9.89. The Labute approximate surface area is 345 Å². The predicted octanol–water partition coefficient (Wildman–Crippen LogP) is 10.5. The van der Waals surface area contributed by atoms with Crippen molar-refractivity contribution < 1.29 is 13.2 Å². The van der Waals surface area contributed by atoms with Crippen molar-refractivity contribution in [3.05, 3.63) is 138 Å². The molecule has 1 fully saturated rings. The minimum atomic E-state index is -0.697. The average Bonchev–Trinajstić information content (AvgIpc) is 3.84. The van der Waals surface area contributed by atoms with Crippen LogP contribution in [-0.4, -0.2) is 63.4 Å². The number of rotatable bonds is 7. The molecule has 4 atom stereocenters. The molecule has 5 heterocycles. The monoisotopic (exact) mass is 798 g/mol. The van der Waals surface area contributed by atoms with Crippen molar-refractivity contribution in [3.8, 4) is 16.9 Å². The fourth-order valence-electron chi connectivity index (χ4n) is 9.17. The summed E-state index contributed by atoms with van der Waals surface area (Å²) in [7, 11) is 2.11. The van der Waals surface area contributed by atoms with Crippen molar-refractivity contribution in [2.75, 3.05) is 41.8 Å². The Hall–Kier alpha value is -5.84. The Balaban J connectivity index is 1.23. The lowest BCUT2D eigenvalue weighted by molar-refractivity contribution is 0.312. The molecule has 1 N–H and O–H groups in total. The molecule has 59 heavy (non-hydrogen) atoms. The molecule has 0 saturated carbocycles. The molecule has 0 amide bonds. The summed E-state index contributed by atoms with van der Waals surface area (Å²) in [5.74, 6) is -0.336. The van der Waals surface area contributed by atoms with Gasteiger partial charge in [-0.3, -0.25) is 4.98 Å². The minimum absolute atomic E-state index is 0.0484. The highest BCUT2D eigenvalue weighted by atomic mass is 19.1. The Morgan fingerprint density at radius 3 is 2.58 bits per heavy atom. The molecule has 1 saturated heterocycles. The normalized spacial score (nSPS) is 20.9. The van der Waals surface area contributed by atoms with Crippen LogP contribution in [0.25, 0.3) is 27.8 Å². The molecule has 306 valence electrons. The van der Waals surface area contributed by atoms with Crippen LogP contribution in [0, 0.1) is 36.2 Å². The van der Waals surface area contributed by atoms with Gasteiger partial charge in [0.15, 0.2) is 5.82 Å². The predicted molar refractivity (Wildman–Crippen MR) is 233 cm³/mol. The fourth-order valence-corrected chi connectivity index (χ4v) is 9.17. The van der Waals surface area contributed by atoms with Gasteiger partial charge in [-0.25, -0.2) is 22.8 Å². The lowest BCUT2D eigenvalue weighted by Gasteiger charge is -2.37. The number of nitrogens with zero attached hydrogens (tertiary/aromatic N) is 7. The second-order valence-corrected chi connectivity index (χ2v) is 16.6. The highest BCUT2D eigenvalue weighted by Crippen LogP contribution is 2.40. The molecule has 5 aromatic rings. The third kappa shape index (κ3) is 7.87. The maximum atomic E-state index is 15.5. The lowest BCUT2D eigenvalue weighted by Crippen LogP contribution is -2.40. The van der Waals surface area contributed by atoms with Gasteiger partial charge in [0.2, 0.25) is 0 Å². The van der Waals surface area contributed by atoms with Crippen LogP contribution in [0.5, 0.6) is 0 Å². The fraction of sp³-hybridized carbons (Fsp3) is 0.354. The first-order valence-corrected chi connectivity index (χ1v) is 20.7. The van der Waals surface area contributed by atoms with Gasteiger partial charge in [-0.2, -0.15) is 5.10 Å². The van der Waals surface area contributed by atoms with E-state index in [9.17, 15) is 4.39 Å². The van der Waals surface area contributed by atoms with Crippen LogP contribution in [-0.2, 0) is 6.42 Å². The number of likely N-dealkylation sites (N-methyl/N-ethyl adjacent to an activating group) is 1. The minimum Gasteiger partial charge on any atom is -0.376 e. The van der Waals surface area contributed by atoms with E-state index in [1.54, 1.807) is 23.0 Å². The summed E-state index contributed by atoms with van der Waals surface area (Å²) in [6.45, 7) is 19.5. The number of aromatic nitrogens is 4. The van der Waals surface area contributed by atoms with E-state index in [1.165, 1.54) is 17.7 Å². The van der Waals surface area contributed by atoms with E-state index in [2.05, 4.69) is 65.7 Å². The first-order chi connectivity index (χ1) is 28.4. The number of pyridine rings is 2. The van der Waals surface area contributed by atoms with Crippen LogP contribution in [0.15, 0.2) is 109 Å². The first kappa shape index (κ1) is 40.0. The number of hydrogen-bond acceptors (Lipinski definition) is 7. The van der Waals surface area contributed by atoms with Gasteiger partial charge in [-0.15, -0.1) is 0 Å². The van der Waals surface area contributed by atoms with Crippen molar-refractivity contribution in [2.45, 2.75) is 71.9 Å². The summed E-state index contributed by atoms with van der Waals surface area (Å²) in [4.78, 5) is 17.0. The number of allylic oxidation sites excluding steroid dienone is 5. The average molecular weight is 799 g/mol. The molecule has 8 rings (SSSR count). The van der Waals surface area contributed by atoms with Crippen LogP contribution >= 0.6 is 0 Å². The van der Waals surface area contributed by atoms with Crippen molar-refractivity contribution >= 4 is 28.1 Å². The molecule has 0 spiro atoms. The number of hydrogen-bond donors (Lipinski definition) is 1. The summed E-state index contributed by atoms with van der Waals surface area (Å²) in [5, 5.41) is 9.30. The number of aryl methyl sites for hydroxylation is 2. The summed E-state index contributed by atoms with van der Waals surface area (Å²) in [6, 6.07) is 12.4. The summed E-state index contributed by atoms with van der Waals surface area (Å²) < 4.78 is 46.5. The van der Waals surface area contributed by atoms with Crippen LogP contribution in [0.2, 0.25) is 0 Å². The maximum absolute atomic E-state index is 15.5. The molecule has 3 aliphatic rings. The van der Waals surface area contributed by atoms with Crippen LogP contribution < -0.4 is 15.1 Å². The van der Waals surface area contributed by atoms with E-state index in [4.69, 9.17) is 21.6 Å². The Kier molecular flexibility index (Phi) is 11.1. The van der Waals surface area contributed by atoms with Crippen molar-refractivity contribution in [3.63, 3.8) is 0 Å². The van der Waals surface area contributed by atoms with Gasteiger partial charge in [-0.05, 0) is 99.7 Å². The standard InChI is InChI=1S/C48H53F3N8/c1-8-33-26-56(7)32(6)44-23-37(54-46-15-11-14-41(55-46)38-21-36(50)20-31(5)47(38)57(27-33)29(2)3)28-58(44)45-25-52-42(18-16-34-13-10-9-12-30(34)4)48-39(45)24-53-59(48)43-19-17-35(49)22-40(43)51/h9-11,13-15,17,19-22,24-25,30,33,37,44H,2,6,8,12,16,18,23,26-28H2,1,3-5,7H3,(H,54,55). The molecule has 1 aliphatic carbocycles.